The number of rotatable bonds is 6. The topological polar surface area (TPSA) is 102 Å². The number of esters is 1. The van der Waals surface area contributed by atoms with E-state index in [1.165, 1.54) is 20.0 Å². The summed E-state index contributed by atoms with van der Waals surface area (Å²) in [7, 11) is 1.50. The number of anilines is 1. The lowest BCUT2D eigenvalue weighted by Gasteiger charge is -2.58. The first-order valence-electron chi connectivity index (χ1n) is 13.1. The lowest BCUT2D eigenvalue weighted by atomic mass is 9.48. The van der Waals surface area contributed by atoms with Crippen molar-refractivity contribution in [1.29, 1.82) is 0 Å². The Morgan fingerprint density at radius 2 is 1.88 bits per heavy atom. The van der Waals surface area contributed by atoms with Crippen molar-refractivity contribution < 1.29 is 19.1 Å². The Labute approximate surface area is 201 Å². The van der Waals surface area contributed by atoms with Crippen LogP contribution in [0.3, 0.4) is 0 Å². The monoisotopic (exact) mass is 468 g/mol. The van der Waals surface area contributed by atoms with Gasteiger partial charge in [0, 0.05) is 24.8 Å². The zero-order chi connectivity index (χ0) is 23.3. The van der Waals surface area contributed by atoms with Gasteiger partial charge in [0.2, 0.25) is 5.95 Å². The molecule has 6 aliphatic rings. The van der Waals surface area contributed by atoms with Gasteiger partial charge in [-0.15, -0.1) is 0 Å². The molecule has 3 atom stereocenters. The van der Waals surface area contributed by atoms with Crippen LogP contribution in [-0.4, -0.2) is 54.3 Å². The Balaban J connectivity index is 1.22. The minimum Gasteiger partial charge on any atom is -0.469 e. The third-order valence-corrected chi connectivity index (χ3v) is 9.26. The van der Waals surface area contributed by atoms with Gasteiger partial charge in [-0.25, -0.2) is 9.97 Å². The van der Waals surface area contributed by atoms with E-state index in [9.17, 15) is 9.59 Å². The summed E-state index contributed by atoms with van der Waals surface area (Å²) < 4.78 is 10.7. The van der Waals surface area contributed by atoms with Crippen molar-refractivity contribution >= 4 is 17.8 Å². The van der Waals surface area contributed by atoms with Crippen LogP contribution in [0, 0.1) is 23.2 Å². The van der Waals surface area contributed by atoms with Gasteiger partial charge in [-0.05, 0) is 69.1 Å². The molecular weight excluding hydrogens is 432 g/mol. The molecule has 1 amide bonds. The van der Waals surface area contributed by atoms with Crippen LogP contribution in [0.4, 0.5) is 5.95 Å². The second-order valence-electron chi connectivity index (χ2n) is 11.4. The van der Waals surface area contributed by atoms with Crippen molar-refractivity contribution in [2.75, 3.05) is 25.6 Å². The molecule has 8 nitrogen and oxygen atoms in total. The highest BCUT2D eigenvalue weighted by Crippen LogP contribution is 2.60. The number of nitrogens with zero attached hydrogens (tertiary/aromatic N) is 2. The van der Waals surface area contributed by atoms with Crippen molar-refractivity contribution in [3.63, 3.8) is 0 Å². The van der Waals surface area contributed by atoms with Crippen LogP contribution in [0.2, 0.25) is 0 Å². The first kappa shape index (κ1) is 22.3. The lowest BCUT2D eigenvalue weighted by molar-refractivity contribution is -0.170. The summed E-state index contributed by atoms with van der Waals surface area (Å²) in [6.07, 6.45) is 12.0. The minimum atomic E-state index is -0.331. The van der Waals surface area contributed by atoms with Crippen LogP contribution in [0.25, 0.3) is 0 Å². The Bertz CT molecular complexity index is 940. The molecule has 5 aliphatic carbocycles. The predicted molar refractivity (Wildman–Crippen MR) is 125 cm³/mol. The number of ether oxygens (including phenoxy) is 2. The Morgan fingerprint density at radius 1 is 1.12 bits per heavy atom. The van der Waals surface area contributed by atoms with E-state index in [-0.39, 0.29) is 29.4 Å². The molecule has 1 aromatic rings. The van der Waals surface area contributed by atoms with E-state index in [0.29, 0.717) is 41.8 Å². The highest BCUT2D eigenvalue weighted by atomic mass is 16.5. The van der Waals surface area contributed by atoms with Gasteiger partial charge in [0.15, 0.2) is 0 Å². The molecule has 2 heterocycles. The van der Waals surface area contributed by atoms with E-state index in [0.717, 1.165) is 63.7 Å². The summed E-state index contributed by atoms with van der Waals surface area (Å²) in [5.74, 6) is 2.06. The molecule has 8 heteroatoms. The average Bonchev–Trinajstić information content (AvgIpc) is 3.55. The number of hydrogen-bond acceptors (Lipinski definition) is 7. The smallest absolute Gasteiger partial charge is 0.311 e. The van der Waals surface area contributed by atoms with E-state index in [4.69, 9.17) is 14.5 Å². The molecule has 6 fully saturated rings. The summed E-state index contributed by atoms with van der Waals surface area (Å²) in [6, 6.07) is 0.345. The normalized spacial score (nSPS) is 36.6. The molecule has 0 spiro atoms. The van der Waals surface area contributed by atoms with Gasteiger partial charge in [0.1, 0.15) is 0 Å². The van der Waals surface area contributed by atoms with Gasteiger partial charge in [0.25, 0.3) is 5.91 Å². The van der Waals surface area contributed by atoms with Gasteiger partial charge < -0.3 is 20.1 Å². The second kappa shape index (κ2) is 8.77. The van der Waals surface area contributed by atoms with E-state index < -0.39 is 0 Å². The van der Waals surface area contributed by atoms with Gasteiger partial charge in [-0.1, -0.05) is 12.8 Å². The van der Waals surface area contributed by atoms with Crippen LogP contribution in [-0.2, 0) is 14.3 Å². The molecular formula is C26H36N4O4. The maximum absolute atomic E-state index is 13.6. The van der Waals surface area contributed by atoms with Crippen molar-refractivity contribution in [1.82, 2.24) is 15.3 Å². The Morgan fingerprint density at radius 3 is 2.56 bits per heavy atom. The highest BCUT2D eigenvalue weighted by molar-refractivity contribution is 5.95. The van der Waals surface area contributed by atoms with Gasteiger partial charge in [0.05, 0.1) is 36.4 Å². The number of amides is 1. The van der Waals surface area contributed by atoms with Gasteiger partial charge in [-0.3, -0.25) is 9.59 Å². The van der Waals surface area contributed by atoms with Crippen molar-refractivity contribution in [3.8, 4) is 0 Å². The maximum atomic E-state index is 13.6. The predicted octanol–water partition coefficient (Wildman–Crippen LogP) is 3.43. The van der Waals surface area contributed by atoms with E-state index in [1.807, 2.05) is 0 Å². The molecule has 1 saturated heterocycles. The third-order valence-electron chi connectivity index (χ3n) is 9.26. The summed E-state index contributed by atoms with van der Waals surface area (Å²) >= 11 is 0. The van der Waals surface area contributed by atoms with Crippen molar-refractivity contribution in [2.45, 2.75) is 82.2 Å². The number of aromatic nitrogens is 2. The summed E-state index contributed by atoms with van der Waals surface area (Å²) in [5.41, 5.74) is 1.18. The zero-order valence-corrected chi connectivity index (χ0v) is 20.1. The number of methoxy groups -OCH3 is 1. The van der Waals surface area contributed by atoms with E-state index in [1.54, 1.807) is 6.20 Å². The quantitative estimate of drug-likeness (QED) is 0.617. The fourth-order valence-corrected chi connectivity index (χ4v) is 7.94. The SMILES string of the molecule is COC(=O)C12CC3CC(C1)C(NC(=O)c1cnc(N[C@H]4CCOC4)nc1C1CCCC1)C(C3)C2. The number of hydrogen-bond donors (Lipinski definition) is 2. The minimum absolute atomic E-state index is 0.0515. The van der Waals surface area contributed by atoms with Crippen LogP contribution >= 0.6 is 0 Å². The third kappa shape index (κ3) is 3.88. The van der Waals surface area contributed by atoms with Crippen LogP contribution in [0.5, 0.6) is 0 Å². The standard InChI is InChI=1S/C26H36N4O4/c1-33-24(32)26-10-15-8-17(11-26)21(18(9-15)12-26)29-23(31)20-13-27-25(28-19-6-7-34-14-19)30-22(20)16-4-2-3-5-16/h13,15-19,21H,2-12,14H2,1H3,(H,29,31)(H,27,28,30)/t15?,17?,18?,19-,21?,26?/m0/s1. The summed E-state index contributed by atoms with van der Waals surface area (Å²) in [4.78, 5) is 35.6. The van der Waals surface area contributed by atoms with Crippen molar-refractivity contribution in [2.24, 2.45) is 23.2 Å². The molecule has 0 aromatic carbocycles. The fourth-order valence-electron chi connectivity index (χ4n) is 7.94. The number of nitrogens with one attached hydrogen (secondary N) is 2. The molecule has 2 N–H and O–H groups in total. The highest BCUT2D eigenvalue weighted by Gasteiger charge is 2.59. The second-order valence-corrected chi connectivity index (χ2v) is 11.4. The number of carbonyl (C=O) groups excluding carboxylic acids is 2. The van der Waals surface area contributed by atoms with Gasteiger partial charge >= 0.3 is 5.97 Å². The molecule has 0 radical (unpaired) electrons. The molecule has 34 heavy (non-hydrogen) atoms. The maximum Gasteiger partial charge on any atom is 0.311 e. The summed E-state index contributed by atoms with van der Waals surface area (Å²) in [5, 5.41) is 6.79. The van der Waals surface area contributed by atoms with Crippen LogP contribution < -0.4 is 10.6 Å². The Hall–Kier alpha value is -2.22. The van der Waals surface area contributed by atoms with Crippen molar-refractivity contribution in [3.05, 3.63) is 17.5 Å². The molecule has 1 aromatic heterocycles. The summed E-state index contributed by atoms with van der Waals surface area (Å²) in [6.45, 7) is 1.43. The zero-order valence-electron chi connectivity index (χ0n) is 20.1. The first-order chi connectivity index (χ1) is 16.5. The lowest BCUT2D eigenvalue weighted by Crippen LogP contribution is -2.61. The molecule has 184 valence electrons. The first-order valence-corrected chi connectivity index (χ1v) is 13.1. The number of carbonyl (C=O) groups is 2. The fraction of sp³-hybridized carbons (Fsp3) is 0.769. The molecule has 7 rings (SSSR count). The molecule has 5 saturated carbocycles. The van der Waals surface area contributed by atoms with E-state index >= 15 is 0 Å². The Kier molecular flexibility index (Phi) is 5.74. The van der Waals surface area contributed by atoms with E-state index in [2.05, 4.69) is 15.6 Å². The molecule has 4 bridgehead atoms. The van der Waals surface area contributed by atoms with Crippen LogP contribution in [0.15, 0.2) is 6.20 Å². The molecule has 2 unspecified atom stereocenters. The average molecular weight is 469 g/mol. The largest absolute Gasteiger partial charge is 0.469 e. The van der Waals surface area contributed by atoms with Gasteiger partial charge in [-0.2, -0.15) is 0 Å². The van der Waals surface area contributed by atoms with Crippen LogP contribution in [0.1, 0.15) is 86.2 Å². The molecule has 1 aliphatic heterocycles.